The highest BCUT2D eigenvalue weighted by Gasteiger charge is 2.38. The van der Waals surface area contributed by atoms with Crippen molar-refractivity contribution < 1.29 is 0 Å². The zero-order valence-corrected chi connectivity index (χ0v) is 31.0. The number of rotatable bonds is 4. The zero-order valence-electron chi connectivity index (χ0n) is 31.0. The standard InChI is InChI=1S/C55H38/c1-55(2)52-34-40(28-29-47(52)50-31-30-49-46-18-9-8-16-44(46)45-17-10-11-19-48(45)53(49)54(50)55)37-20-22-38(23-21-37)42-32-41-14-6-7-15-43(41)51(33-42)39-26-24-36(25-27-39)35-12-4-3-5-13-35/h3-34H,1-2H3. The average Bonchev–Trinajstić information content (AvgIpc) is 3.49. The van der Waals surface area contributed by atoms with Crippen molar-refractivity contribution >= 4 is 43.1 Å². The van der Waals surface area contributed by atoms with Crippen LogP contribution in [0.25, 0.3) is 98.7 Å². The molecule has 10 aromatic carbocycles. The van der Waals surface area contributed by atoms with E-state index in [0.717, 1.165) is 0 Å². The monoisotopic (exact) mass is 698 g/mol. The van der Waals surface area contributed by atoms with Crippen LogP contribution in [-0.2, 0) is 5.41 Å². The molecule has 0 amide bonds. The van der Waals surface area contributed by atoms with Crippen LogP contribution in [0, 0.1) is 0 Å². The van der Waals surface area contributed by atoms with Gasteiger partial charge in [0.05, 0.1) is 0 Å². The smallest absolute Gasteiger partial charge is 0.0165 e. The summed E-state index contributed by atoms with van der Waals surface area (Å²) in [4.78, 5) is 0. The number of hydrogen-bond acceptors (Lipinski definition) is 0. The van der Waals surface area contributed by atoms with Crippen molar-refractivity contribution in [3.8, 4) is 55.6 Å². The van der Waals surface area contributed by atoms with Crippen molar-refractivity contribution in [1.29, 1.82) is 0 Å². The number of fused-ring (bicyclic) bond motifs is 11. The molecule has 0 fully saturated rings. The van der Waals surface area contributed by atoms with Gasteiger partial charge in [-0.05, 0) is 128 Å². The predicted molar refractivity (Wildman–Crippen MR) is 236 cm³/mol. The normalized spacial score (nSPS) is 13.1. The van der Waals surface area contributed by atoms with Crippen LogP contribution in [0.3, 0.4) is 0 Å². The highest BCUT2D eigenvalue weighted by atomic mass is 14.4. The Morgan fingerprint density at radius 2 is 0.764 bits per heavy atom. The molecule has 0 radical (unpaired) electrons. The van der Waals surface area contributed by atoms with E-state index in [0.29, 0.717) is 0 Å². The van der Waals surface area contributed by atoms with Gasteiger partial charge in [-0.1, -0.05) is 190 Å². The van der Waals surface area contributed by atoms with E-state index in [9.17, 15) is 0 Å². The van der Waals surface area contributed by atoms with Crippen LogP contribution in [0.15, 0.2) is 194 Å². The molecule has 1 aliphatic carbocycles. The third kappa shape index (κ3) is 4.92. The van der Waals surface area contributed by atoms with Gasteiger partial charge < -0.3 is 0 Å². The molecule has 11 rings (SSSR count). The Kier molecular flexibility index (Phi) is 7.00. The van der Waals surface area contributed by atoms with Crippen LogP contribution in [0.1, 0.15) is 25.0 Å². The summed E-state index contributed by atoms with van der Waals surface area (Å²) in [6, 6.07) is 71.9. The lowest BCUT2D eigenvalue weighted by Crippen LogP contribution is -2.15. The fourth-order valence-electron chi connectivity index (χ4n) is 9.52. The minimum absolute atomic E-state index is 0.161. The van der Waals surface area contributed by atoms with Gasteiger partial charge in [0, 0.05) is 5.41 Å². The zero-order chi connectivity index (χ0) is 36.7. The molecule has 10 aromatic rings. The molecular weight excluding hydrogens is 661 g/mol. The van der Waals surface area contributed by atoms with Gasteiger partial charge in [-0.15, -0.1) is 0 Å². The van der Waals surface area contributed by atoms with Gasteiger partial charge in [0.15, 0.2) is 0 Å². The molecule has 0 N–H and O–H groups in total. The third-order valence-electron chi connectivity index (χ3n) is 12.2. The van der Waals surface area contributed by atoms with E-state index in [2.05, 4.69) is 208 Å². The van der Waals surface area contributed by atoms with Gasteiger partial charge in [0.2, 0.25) is 0 Å². The molecule has 0 heterocycles. The summed E-state index contributed by atoms with van der Waals surface area (Å²) >= 11 is 0. The average molecular weight is 699 g/mol. The molecule has 258 valence electrons. The summed E-state index contributed by atoms with van der Waals surface area (Å²) in [6.07, 6.45) is 0. The second-order valence-electron chi connectivity index (χ2n) is 15.7. The second-order valence-corrected chi connectivity index (χ2v) is 15.7. The first-order valence-corrected chi connectivity index (χ1v) is 19.3. The number of hydrogen-bond donors (Lipinski definition) is 0. The quantitative estimate of drug-likeness (QED) is 0.161. The van der Waals surface area contributed by atoms with E-state index in [1.54, 1.807) is 0 Å². The fourth-order valence-corrected chi connectivity index (χ4v) is 9.52. The van der Waals surface area contributed by atoms with Gasteiger partial charge in [-0.3, -0.25) is 0 Å². The summed E-state index contributed by atoms with van der Waals surface area (Å²) in [6.45, 7) is 4.83. The Morgan fingerprint density at radius 3 is 1.45 bits per heavy atom. The van der Waals surface area contributed by atoms with Crippen LogP contribution in [0.5, 0.6) is 0 Å². The van der Waals surface area contributed by atoms with Crippen molar-refractivity contribution in [2.75, 3.05) is 0 Å². The van der Waals surface area contributed by atoms with E-state index in [-0.39, 0.29) is 5.41 Å². The van der Waals surface area contributed by atoms with Gasteiger partial charge in [-0.2, -0.15) is 0 Å². The molecule has 0 atom stereocenters. The van der Waals surface area contributed by atoms with Gasteiger partial charge in [0.1, 0.15) is 0 Å². The minimum atomic E-state index is -0.161. The molecule has 0 unspecified atom stereocenters. The molecule has 0 bridgehead atoms. The highest BCUT2D eigenvalue weighted by Crippen LogP contribution is 2.54. The third-order valence-corrected chi connectivity index (χ3v) is 12.2. The molecule has 0 spiro atoms. The lowest BCUT2D eigenvalue weighted by atomic mass is 9.78. The lowest BCUT2D eigenvalue weighted by molar-refractivity contribution is 0.667. The second kappa shape index (κ2) is 12.1. The molecular formula is C55H38. The summed E-state index contributed by atoms with van der Waals surface area (Å²) in [7, 11) is 0. The van der Waals surface area contributed by atoms with Crippen molar-refractivity contribution in [2.24, 2.45) is 0 Å². The van der Waals surface area contributed by atoms with E-state index in [1.807, 2.05) is 0 Å². The molecule has 1 aliphatic rings. The molecule has 0 nitrogen and oxygen atoms in total. The van der Waals surface area contributed by atoms with E-state index >= 15 is 0 Å². The van der Waals surface area contributed by atoms with Crippen LogP contribution in [-0.4, -0.2) is 0 Å². The largest absolute Gasteiger partial charge is 0.0622 e. The Balaban J connectivity index is 0.975. The maximum Gasteiger partial charge on any atom is 0.0165 e. The maximum atomic E-state index is 2.45. The van der Waals surface area contributed by atoms with E-state index < -0.39 is 0 Å². The number of benzene rings is 10. The van der Waals surface area contributed by atoms with Crippen molar-refractivity contribution in [3.05, 3.63) is 205 Å². The SMILES string of the molecule is CC1(C)c2cc(-c3ccc(-c4cc(-c5ccc(-c6ccccc6)cc5)c5ccccc5c4)cc3)ccc2-c2ccc3c4ccccc4c4ccccc4c3c21. The summed E-state index contributed by atoms with van der Waals surface area (Å²) in [5, 5.41) is 10.6. The summed E-state index contributed by atoms with van der Waals surface area (Å²) in [5.74, 6) is 0. The van der Waals surface area contributed by atoms with Crippen LogP contribution in [0.2, 0.25) is 0 Å². The van der Waals surface area contributed by atoms with Gasteiger partial charge >= 0.3 is 0 Å². The minimum Gasteiger partial charge on any atom is -0.0622 e. The maximum absolute atomic E-state index is 2.45. The first-order chi connectivity index (χ1) is 27.0. The Bertz CT molecular complexity index is 3090. The Labute approximate surface area is 322 Å². The summed E-state index contributed by atoms with van der Waals surface area (Å²) < 4.78 is 0. The van der Waals surface area contributed by atoms with Crippen molar-refractivity contribution in [2.45, 2.75) is 19.3 Å². The molecule has 55 heavy (non-hydrogen) atoms. The Hall–Kier alpha value is -6.76. The molecule has 0 saturated heterocycles. The van der Waals surface area contributed by atoms with E-state index in [4.69, 9.17) is 0 Å². The van der Waals surface area contributed by atoms with Crippen LogP contribution in [0.4, 0.5) is 0 Å². The fraction of sp³-hybridized carbons (Fsp3) is 0.0545. The Morgan fingerprint density at radius 1 is 0.291 bits per heavy atom. The van der Waals surface area contributed by atoms with Gasteiger partial charge in [0.25, 0.3) is 0 Å². The highest BCUT2D eigenvalue weighted by molar-refractivity contribution is 6.27. The molecule has 0 aromatic heterocycles. The molecule has 0 aliphatic heterocycles. The molecule has 0 heteroatoms. The van der Waals surface area contributed by atoms with Crippen LogP contribution < -0.4 is 0 Å². The first-order valence-electron chi connectivity index (χ1n) is 19.3. The predicted octanol–water partition coefficient (Wildman–Crippen LogP) is 15.3. The van der Waals surface area contributed by atoms with Crippen molar-refractivity contribution in [1.82, 2.24) is 0 Å². The summed E-state index contributed by atoms with van der Waals surface area (Å²) in [5.41, 5.74) is 15.3. The van der Waals surface area contributed by atoms with Crippen molar-refractivity contribution in [3.63, 3.8) is 0 Å². The van der Waals surface area contributed by atoms with Crippen LogP contribution >= 0.6 is 0 Å². The molecule has 0 saturated carbocycles. The van der Waals surface area contributed by atoms with Gasteiger partial charge in [-0.25, -0.2) is 0 Å². The first kappa shape index (κ1) is 31.7. The lowest BCUT2D eigenvalue weighted by Gasteiger charge is -2.25. The van der Waals surface area contributed by atoms with E-state index in [1.165, 1.54) is 110 Å². The topological polar surface area (TPSA) is 0 Å².